The number of aryl methyl sites for hydroxylation is 1. The smallest absolute Gasteiger partial charge is 0.290 e. The van der Waals surface area contributed by atoms with Crippen LogP contribution in [0.15, 0.2) is 54.6 Å². The molecule has 2 amide bonds. The van der Waals surface area contributed by atoms with Crippen molar-refractivity contribution in [2.75, 3.05) is 20.1 Å². The van der Waals surface area contributed by atoms with Crippen molar-refractivity contribution in [1.29, 1.82) is 0 Å². The number of Topliss-reactive ketones (excluding diaryl/α,β-unsaturated/α-hetero) is 1. The molecule has 0 saturated carbocycles. The predicted octanol–water partition coefficient (Wildman–Crippen LogP) is 2.44. The molecule has 3 rings (SSSR count). The summed E-state index contributed by atoms with van der Waals surface area (Å²) in [7, 11) is 1.58. The number of nitrogens with zero attached hydrogens (tertiary/aromatic N) is 2. The number of likely N-dealkylation sites (tertiary alicyclic amines) is 1. The van der Waals surface area contributed by atoms with E-state index in [1.54, 1.807) is 19.2 Å². The Bertz CT molecular complexity index is 852. The molecule has 1 fully saturated rings. The van der Waals surface area contributed by atoms with E-state index in [0.717, 1.165) is 18.4 Å². The van der Waals surface area contributed by atoms with Gasteiger partial charge in [-0.15, -0.1) is 0 Å². The van der Waals surface area contributed by atoms with Crippen molar-refractivity contribution in [3.8, 4) is 0 Å². The molecule has 28 heavy (non-hydrogen) atoms. The number of hydrogen-bond acceptors (Lipinski definition) is 3. The van der Waals surface area contributed by atoms with E-state index in [0.29, 0.717) is 6.54 Å². The standard InChI is InChI=1S/C22H23FN2O3/c1-24(14-17-9-11-18(23)12-10-17)21(27)19-15-25(22(28)20(19)26)13-5-8-16-6-3-2-4-7-16/h2-4,6-7,9-12,19H,5,8,13-15H2,1H3. The van der Waals surface area contributed by atoms with Gasteiger partial charge in [-0.2, -0.15) is 0 Å². The maximum absolute atomic E-state index is 13.0. The Labute approximate surface area is 163 Å². The molecule has 0 N–H and O–H groups in total. The molecular weight excluding hydrogens is 359 g/mol. The number of rotatable bonds is 7. The summed E-state index contributed by atoms with van der Waals surface area (Å²) >= 11 is 0. The average molecular weight is 382 g/mol. The maximum Gasteiger partial charge on any atom is 0.290 e. The molecule has 5 nitrogen and oxygen atoms in total. The molecule has 1 aliphatic rings. The molecule has 1 heterocycles. The molecule has 0 bridgehead atoms. The zero-order valence-electron chi connectivity index (χ0n) is 15.8. The second-order valence-electron chi connectivity index (χ2n) is 7.08. The number of halogens is 1. The van der Waals surface area contributed by atoms with Crippen LogP contribution in [0.25, 0.3) is 0 Å². The Kier molecular flexibility index (Phi) is 6.19. The van der Waals surface area contributed by atoms with Crippen LogP contribution >= 0.6 is 0 Å². The highest BCUT2D eigenvalue weighted by atomic mass is 19.1. The summed E-state index contributed by atoms with van der Waals surface area (Å²) in [5.74, 6) is -2.92. The minimum Gasteiger partial charge on any atom is -0.341 e. The van der Waals surface area contributed by atoms with Crippen LogP contribution in [0.5, 0.6) is 0 Å². The number of carbonyl (C=O) groups is 3. The molecule has 0 spiro atoms. The first-order valence-corrected chi connectivity index (χ1v) is 9.32. The number of carbonyl (C=O) groups excluding carboxylic acids is 3. The number of hydrogen-bond donors (Lipinski definition) is 0. The normalized spacial score (nSPS) is 16.5. The Balaban J connectivity index is 1.55. The van der Waals surface area contributed by atoms with E-state index >= 15 is 0 Å². The molecule has 6 heteroatoms. The summed E-state index contributed by atoms with van der Waals surface area (Å²) in [6.07, 6.45) is 1.54. The quantitative estimate of drug-likeness (QED) is 0.546. The van der Waals surface area contributed by atoms with Crippen LogP contribution < -0.4 is 0 Å². The third-order valence-corrected chi connectivity index (χ3v) is 4.96. The van der Waals surface area contributed by atoms with Gasteiger partial charge in [-0.05, 0) is 36.1 Å². The molecule has 1 atom stereocenters. The highest BCUT2D eigenvalue weighted by molar-refractivity contribution is 6.42. The van der Waals surface area contributed by atoms with Crippen LogP contribution in [-0.2, 0) is 27.3 Å². The van der Waals surface area contributed by atoms with E-state index in [4.69, 9.17) is 0 Å². The van der Waals surface area contributed by atoms with Crippen molar-refractivity contribution in [2.24, 2.45) is 5.92 Å². The lowest BCUT2D eigenvalue weighted by Gasteiger charge is -2.21. The third kappa shape index (κ3) is 4.63. The molecular formula is C22H23FN2O3. The van der Waals surface area contributed by atoms with Crippen molar-refractivity contribution in [3.63, 3.8) is 0 Å². The molecule has 1 saturated heterocycles. The van der Waals surface area contributed by atoms with Crippen LogP contribution in [0.1, 0.15) is 17.5 Å². The molecule has 0 radical (unpaired) electrons. The van der Waals surface area contributed by atoms with E-state index < -0.39 is 17.6 Å². The van der Waals surface area contributed by atoms with Crippen molar-refractivity contribution >= 4 is 17.6 Å². The summed E-state index contributed by atoms with van der Waals surface area (Å²) in [6, 6.07) is 15.8. The first-order valence-electron chi connectivity index (χ1n) is 9.32. The van der Waals surface area contributed by atoms with Gasteiger partial charge in [0, 0.05) is 26.7 Å². The Morgan fingerprint density at radius 3 is 2.43 bits per heavy atom. The predicted molar refractivity (Wildman–Crippen MR) is 103 cm³/mol. The van der Waals surface area contributed by atoms with Crippen LogP contribution in [-0.4, -0.2) is 47.5 Å². The van der Waals surface area contributed by atoms with E-state index in [1.807, 2.05) is 30.3 Å². The lowest BCUT2D eigenvalue weighted by molar-refractivity contribution is -0.144. The van der Waals surface area contributed by atoms with E-state index in [-0.39, 0.29) is 24.8 Å². The SMILES string of the molecule is CN(Cc1ccc(F)cc1)C(=O)C1CN(CCCc2ccccc2)C(=O)C1=O. The fourth-order valence-electron chi connectivity index (χ4n) is 3.40. The van der Waals surface area contributed by atoms with Gasteiger partial charge in [0.2, 0.25) is 11.7 Å². The Morgan fingerprint density at radius 2 is 1.75 bits per heavy atom. The van der Waals surface area contributed by atoms with Crippen molar-refractivity contribution in [1.82, 2.24) is 9.80 Å². The van der Waals surface area contributed by atoms with Gasteiger partial charge >= 0.3 is 0 Å². The van der Waals surface area contributed by atoms with Gasteiger partial charge in [-0.3, -0.25) is 14.4 Å². The van der Waals surface area contributed by atoms with Crippen molar-refractivity contribution < 1.29 is 18.8 Å². The van der Waals surface area contributed by atoms with Gasteiger partial charge in [0.25, 0.3) is 5.91 Å². The minimum atomic E-state index is -0.963. The summed E-state index contributed by atoms with van der Waals surface area (Å²) in [6.45, 7) is 0.828. The monoisotopic (exact) mass is 382 g/mol. The van der Waals surface area contributed by atoms with E-state index in [2.05, 4.69) is 0 Å². The highest BCUT2D eigenvalue weighted by Crippen LogP contribution is 2.19. The second kappa shape index (κ2) is 8.78. The van der Waals surface area contributed by atoms with Crippen LogP contribution in [0.2, 0.25) is 0 Å². The lowest BCUT2D eigenvalue weighted by atomic mass is 10.1. The topological polar surface area (TPSA) is 57.7 Å². The van der Waals surface area contributed by atoms with Crippen molar-refractivity contribution in [2.45, 2.75) is 19.4 Å². The maximum atomic E-state index is 13.0. The van der Waals surface area contributed by atoms with Crippen LogP contribution in [0.3, 0.4) is 0 Å². The Hall–Kier alpha value is -3.02. The zero-order valence-corrected chi connectivity index (χ0v) is 15.8. The lowest BCUT2D eigenvalue weighted by Crippen LogP contribution is -2.36. The zero-order chi connectivity index (χ0) is 20.1. The number of ketones is 1. The summed E-state index contributed by atoms with van der Waals surface area (Å²) in [5, 5.41) is 0. The molecule has 0 aliphatic carbocycles. The van der Waals surface area contributed by atoms with Gasteiger partial charge in [-0.1, -0.05) is 42.5 Å². The molecule has 1 unspecified atom stereocenters. The minimum absolute atomic E-state index is 0.124. The van der Waals surface area contributed by atoms with E-state index in [9.17, 15) is 18.8 Å². The average Bonchev–Trinajstić information content (AvgIpc) is 2.98. The van der Waals surface area contributed by atoms with Gasteiger partial charge in [-0.25, -0.2) is 4.39 Å². The largest absolute Gasteiger partial charge is 0.341 e. The van der Waals surface area contributed by atoms with E-state index in [1.165, 1.54) is 27.5 Å². The summed E-state index contributed by atoms with van der Waals surface area (Å²) in [4.78, 5) is 40.1. The molecule has 0 aromatic heterocycles. The third-order valence-electron chi connectivity index (χ3n) is 4.96. The first-order chi connectivity index (χ1) is 13.5. The first kappa shape index (κ1) is 19.7. The number of amides is 2. The highest BCUT2D eigenvalue weighted by Gasteiger charge is 2.43. The van der Waals surface area contributed by atoms with Crippen LogP contribution in [0, 0.1) is 11.7 Å². The summed E-state index contributed by atoms with van der Waals surface area (Å²) < 4.78 is 13.0. The molecule has 2 aromatic carbocycles. The second-order valence-corrected chi connectivity index (χ2v) is 7.08. The van der Waals surface area contributed by atoms with Gasteiger partial charge in [0.1, 0.15) is 11.7 Å². The van der Waals surface area contributed by atoms with Gasteiger partial charge in [0.05, 0.1) is 0 Å². The number of benzene rings is 2. The molecule has 2 aromatic rings. The van der Waals surface area contributed by atoms with Crippen LogP contribution in [0.4, 0.5) is 4.39 Å². The fraction of sp³-hybridized carbons (Fsp3) is 0.318. The fourth-order valence-corrected chi connectivity index (χ4v) is 3.40. The molecule has 1 aliphatic heterocycles. The van der Waals surface area contributed by atoms with Gasteiger partial charge in [0.15, 0.2) is 0 Å². The van der Waals surface area contributed by atoms with Crippen molar-refractivity contribution in [3.05, 3.63) is 71.5 Å². The Morgan fingerprint density at radius 1 is 1.07 bits per heavy atom. The van der Waals surface area contributed by atoms with Gasteiger partial charge < -0.3 is 9.80 Å². The molecule has 146 valence electrons. The summed E-state index contributed by atoms with van der Waals surface area (Å²) in [5.41, 5.74) is 1.93.